The minimum absolute atomic E-state index is 0.187. The molecule has 1 atom stereocenters. The summed E-state index contributed by atoms with van der Waals surface area (Å²) >= 11 is 2.50. The van der Waals surface area contributed by atoms with Crippen LogP contribution in [0.3, 0.4) is 0 Å². The Morgan fingerprint density at radius 1 is 0.978 bits per heavy atom. The lowest BCUT2D eigenvalue weighted by molar-refractivity contribution is -0.138. The molecule has 0 saturated heterocycles. The number of ether oxygens (including phenoxy) is 1. The van der Waals surface area contributed by atoms with E-state index in [0.717, 1.165) is 16.8 Å². The van der Waals surface area contributed by atoms with E-state index in [-0.39, 0.29) is 12.2 Å². The number of carbonyl (C=O) groups excluding carboxylic acids is 1. The SMILES string of the molecule is CCOC(=O)C1=C(c2ccccc2)N=c2s/c(=C\c3ccc(Sc4nnnn4-c4ccccc4)o3)c(=O)n2[C@@H]1c1ccccc1. The number of esters is 1. The zero-order valence-corrected chi connectivity index (χ0v) is 25.4. The quantitative estimate of drug-likeness (QED) is 0.223. The second-order valence-electron chi connectivity index (χ2n) is 9.81. The van der Waals surface area contributed by atoms with Crippen LogP contribution < -0.4 is 14.9 Å². The van der Waals surface area contributed by atoms with Crippen LogP contribution in [0.4, 0.5) is 0 Å². The van der Waals surface area contributed by atoms with Crippen molar-refractivity contribution in [2.45, 2.75) is 23.2 Å². The van der Waals surface area contributed by atoms with E-state index in [2.05, 4.69) is 15.5 Å². The van der Waals surface area contributed by atoms with Gasteiger partial charge in [0.15, 0.2) is 9.89 Å². The molecular formula is C33H24N6O4S2. The highest BCUT2D eigenvalue weighted by molar-refractivity contribution is 7.99. The summed E-state index contributed by atoms with van der Waals surface area (Å²) in [5.74, 6) is -0.0422. The molecule has 7 rings (SSSR count). The van der Waals surface area contributed by atoms with Crippen LogP contribution in [0.1, 0.15) is 29.9 Å². The highest BCUT2D eigenvalue weighted by Crippen LogP contribution is 2.35. The lowest BCUT2D eigenvalue weighted by Crippen LogP contribution is -2.39. The van der Waals surface area contributed by atoms with Gasteiger partial charge in [-0.3, -0.25) is 9.36 Å². The summed E-state index contributed by atoms with van der Waals surface area (Å²) in [5.41, 5.74) is 2.83. The Balaban J connectivity index is 1.32. The molecule has 0 saturated carbocycles. The van der Waals surface area contributed by atoms with Crippen LogP contribution in [0.2, 0.25) is 0 Å². The van der Waals surface area contributed by atoms with Crippen LogP contribution in [-0.2, 0) is 9.53 Å². The third kappa shape index (κ3) is 5.56. The van der Waals surface area contributed by atoms with Gasteiger partial charge in [-0.25, -0.2) is 9.79 Å². The Morgan fingerprint density at radius 3 is 2.42 bits per heavy atom. The third-order valence-corrected chi connectivity index (χ3v) is 8.84. The van der Waals surface area contributed by atoms with Crippen molar-refractivity contribution in [1.29, 1.82) is 0 Å². The van der Waals surface area contributed by atoms with E-state index in [1.54, 1.807) is 34.4 Å². The normalized spacial score (nSPS) is 14.7. The van der Waals surface area contributed by atoms with Crippen LogP contribution >= 0.6 is 23.1 Å². The molecule has 4 heterocycles. The van der Waals surface area contributed by atoms with Crippen molar-refractivity contribution in [1.82, 2.24) is 24.8 Å². The smallest absolute Gasteiger partial charge is 0.338 e. The second kappa shape index (κ2) is 12.3. The molecular weight excluding hydrogens is 609 g/mol. The summed E-state index contributed by atoms with van der Waals surface area (Å²) < 4.78 is 15.2. The number of tetrazole rings is 1. The van der Waals surface area contributed by atoms with Crippen molar-refractivity contribution in [2.75, 3.05) is 6.61 Å². The molecule has 0 radical (unpaired) electrons. The van der Waals surface area contributed by atoms with Gasteiger partial charge in [0.25, 0.3) is 5.56 Å². The van der Waals surface area contributed by atoms with Crippen molar-refractivity contribution < 1.29 is 13.9 Å². The molecule has 0 N–H and O–H groups in total. The molecule has 12 heteroatoms. The number of fused-ring (bicyclic) bond motifs is 1. The van der Waals surface area contributed by atoms with Gasteiger partial charge in [0.05, 0.1) is 34.1 Å². The monoisotopic (exact) mass is 632 g/mol. The molecule has 222 valence electrons. The molecule has 10 nitrogen and oxygen atoms in total. The van der Waals surface area contributed by atoms with Crippen LogP contribution in [0.15, 0.2) is 133 Å². The highest BCUT2D eigenvalue weighted by atomic mass is 32.2. The topological polar surface area (TPSA) is 117 Å². The highest BCUT2D eigenvalue weighted by Gasteiger charge is 2.35. The number of nitrogens with zero attached hydrogens (tertiary/aromatic N) is 6. The lowest BCUT2D eigenvalue weighted by Gasteiger charge is -2.25. The summed E-state index contributed by atoms with van der Waals surface area (Å²) in [4.78, 5) is 32.9. The van der Waals surface area contributed by atoms with Gasteiger partial charge in [0.1, 0.15) is 5.76 Å². The number of carbonyl (C=O) groups is 1. The van der Waals surface area contributed by atoms with E-state index in [1.165, 1.54) is 23.1 Å². The first-order valence-electron chi connectivity index (χ1n) is 14.1. The standard InChI is InChI=1S/C33H24N6O4S2/c1-2-42-31(41)27-28(21-12-6-3-7-13-21)34-32-38(29(27)22-14-8-4-9-15-22)30(40)25(44-32)20-24-18-19-26(43-24)45-33-35-36-37-39(33)23-16-10-5-11-17-23/h3-20,29H,2H2,1H3/b25-20-/t29-/m1/s1. The molecule has 45 heavy (non-hydrogen) atoms. The zero-order chi connectivity index (χ0) is 30.8. The summed E-state index contributed by atoms with van der Waals surface area (Å²) in [5, 5.41) is 13.1. The largest absolute Gasteiger partial charge is 0.463 e. The van der Waals surface area contributed by atoms with Crippen LogP contribution in [-0.4, -0.2) is 37.4 Å². The fourth-order valence-electron chi connectivity index (χ4n) is 5.05. The predicted molar refractivity (Wildman–Crippen MR) is 169 cm³/mol. The van der Waals surface area contributed by atoms with Crippen LogP contribution in [0, 0.1) is 0 Å². The van der Waals surface area contributed by atoms with E-state index in [9.17, 15) is 9.59 Å². The first-order chi connectivity index (χ1) is 22.1. The molecule has 0 unspecified atom stereocenters. The first kappa shape index (κ1) is 28.4. The van der Waals surface area contributed by atoms with Crippen molar-refractivity contribution in [3.63, 3.8) is 0 Å². The number of benzene rings is 3. The third-order valence-electron chi connectivity index (χ3n) is 7.00. The maximum Gasteiger partial charge on any atom is 0.338 e. The molecule has 1 aliphatic heterocycles. The summed E-state index contributed by atoms with van der Waals surface area (Å²) in [7, 11) is 0. The van der Waals surface area contributed by atoms with Gasteiger partial charge >= 0.3 is 5.97 Å². The summed E-state index contributed by atoms with van der Waals surface area (Å²) in [6.07, 6.45) is 1.69. The zero-order valence-electron chi connectivity index (χ0n) is 23.8. The summed E-state index contributed by atoms with van der Waals surface area (Å²) in [6, 6.07) is 31.3. The lowest BCUT2D eigenvalue weighted by atomic mass is 9.93. The van der Waals surface area contributed by atoms with Gasteiger partial charge in [-0.05, 0) is 58.9 Å². The molecule has 6 aromatic rings. The van der Waals surface area contributed by atoms with Crippen molar-refractivity contribution in [3.8, 4) is 5.69 Å². The molecule has 0 fully saturated rings. The number of furan rings is 1. The van der Waals surface area contributed by atoms with Gasteiger partial charge in [-0.2, -0.15) is 4.68 Å². The van der Waals surface area contributed by atoms with E-state index < -0.39 is 12.0 Å². The van der Waals surface area contributed by atoms with Gasteiger partial charge < -0.3 is 9.15 Å². The Hall–Kier alpha value is -5.33. The molecule has 3 aromatic carbocycles. The maximum atomic E-state index is 14.1. The average Bonchev–Trinajstić information content (AvgIpc) is 3.81. The van der Waals surface area contributed by atoms with E-state index in [4.69, 9.17) is 14.1 Å². The van der Waals surface area contributed by atoms with Crippen LogP contribution in [0.25, 0.3) is 17.5 Å². The Morgan fingerprint density at radius 2 is 1.69 bits per heavy atom. The van der Waals surface area contributed by atoms with E-state index >= 15 is 0 Å². The van der Waals surface area contributed by atoms with E-state index in [1.807, 2.05) is 91.0 Å². The van der Waals surface area contributed by atoms with Gasteiger partial charge in [-0.15, -0.1) is 5.10 Å². The fourth-order valence-corrected chi connectivity index (χ4v) is 6.79. The van der Waals surface area contributed by atoms with Crippen LogP contribution in [0.5, 0.6) is 0 Å². The summed E-state index contributed by atoms with van der Waals surface area (Å²) in [6.45, 7) is 1.94. The number of thiazole rings is 1. The predicted octanol–water partition coefficient (Wildman–Crippen LogP) is 4.66. The molecule has 1 aliphatic rings. The fraction of sp³-hybridized carbons (Fsp3) is 0.0909. The molecule has 0 spiro atoms. The minimum atomic E-state index is -0.738. The number of hydrogen-bond acceptors (Lipinski definition) is 10. The van der Waals surface area contributed by atoms with Gasteiger partial charge in [-0.1, -0.05) is 90.2 Å². The number of para-hydroxylation sites is 1. The molecule has 0 amide bonds. The van der Waals surface area contributed by atoms with Crippen molar-refractivity contribution >= 4 is 40.8 Å². The number of aromatic nitrogens is 5. The molecule has 0 bridgehead atoms. The van der Waals surface area contributed by atoms with Crippen molar-refractivity contribution in [3.05, 3.63) is 145 Å². The number of rotatable bonds is 8. The minimum Gasteiger partial charge on any atom is -0.463 e. The van der Waals surface area contributed by atoms with Crippen molar-refractivity contribution in [2.24, 2.45) is 4.99 Å². The Bertz CT molecular complexity index is 2200. The van der Waals surface area contributed by atoms with Gasteiger partial charge in [0, 0.05) is 11.6 Å². The Labute approximate surface area is 264 Å². The Kier molecular flexibility index (Phi) is 7.80. The molecule has 3 aromatic heterocycles. The second-order valence-corrected chi connectivity index (χ2v) is 11.8. The van der Waals surface area contributed by atoms with Gasteiger partial charge in [0.2, 0.25) is 5.16 Å². The molecule has 0 aliphatic carbocycles. The van der Waals surface area contributed by atoms with E-state index in [0.29, 0.717) is 36.6 Å². The average molecular weight is 633 g/mol. The first-order valence-corrected chi connectivity index (χ1v) is 15.7. The number of hydrogen-bond donors (Lipinski definition) is 0. The maximum absolute atomic E-state index is 14.1.